The van der Waals surface area contributed by atoms with E-state index in [4.69, 9.17) is 0 Å². The van der Waals surface area contributed by atoms with Crippen molar-refractivity contribution in [2.75, 3.05) is 5.32 Å². The van der Waals surface area contributed by atoms with Crippen LogP contribution in [0.15, 0.2) is 22.7 Å². The fourth-order valence-electron chi connectivity index (χ4n) is 1.88. The molecule has 6 heteroatoms. The number of nitrogens with one attached hydrogen (secondary N) is 1. The Morgan fingerprint density at radius 2 is 2.11 bits per heavy atom. The number of anilines is 1. The maximum Gasteiger partial charge on any atom is 0.259 e. The normalized spacial score (nSPS) is 10.6. The van der Waals surface area contributed by atoms with Crippen molar-refractivity contribution in [2.45, 2.75) is 13.8 Å². The molecule has 1 N–H and O–H groups in total. The topological polar surface area (TPSA) is 46.9 Å². The third-order valence-corrected chi connectivity index (χ3v) is 3.41. The van der Waals surface area contributed by atoms with Crippen LogP contribution in [0.2, 0.25) is 0 Å². The number of hydrogen-bond donors (Lipinski definition) is 1. The molecule has 1 heterocycles. The van der Waals surface area contributed by atoms with Crippen molar-refractivity contribution in [3.8, 4) is 0 Å². The molecule has 19 heavy (non-hydrogen) atoms. The third-order valence-electron chi connectivity index (χ3n) is 2.92. The number of amides is 1. The fraction of sp³-hybridized carbons (Fsp3) is 0.231. The van der Waals surface area contributed by atoms with Gasteiger partial charge in [-0.1, -0.05) is 15.9 Å². The van der Waals surface area contributed by atoms with Crippen molar-refractivity contribution in [3.63, 3.8) is 0 Å². The Morgan fingerprint density at radius 3 is 2.63 bits per heavy atom. The SMILES string of the molecule is Cc1nn(C)c(C)c1C(=O)Nc1ccc(Br)cc1F. The number of carbonyl (C=O) groups excluding carboxylic acids is 1. The van der Waals surface area contributed by atoms with Crippen molar-refractivity contribution < 1.29 is 9.18 Å². The van der Waals surface area contributed by atoms with Gasteiger partial charge in [-0.25, -0.2) is 4.39 Å². The lowest BCUT2D eigenvalue weighted by Gasteiger charge is -2.07. The van der Waals surface area contributed by atoms with Gasteiger partial charge in [-0.15, -0.1) is 0 Å². The average molecular weight is 326 g/mol. The molecule has 0 aliphatic carbocycles. The molecule has 0 radical (unpaired) electrons. The first kappa shape index (κ1) is 13.7. The molecule has 0 atom stereocenters. The van der Waals surface area contributed by atoms with Crippen molar-refractivity contribution in [2.24, 2.45) is 7.05 Å². The van der Waals surface area contributed by atoms with Crippen molar-refractivity contribution >= 4 is 27.5 Å². The van der Waals surface area contributed by atoms with Gasteiger partial charge in [0.1, 0.15) is 5.82 Å². The molecule has 100 valence electrons. The molecule has 1 aromatic carbocycles. The summed E-state index contributed by atoms with van der Waals surface area (Å²) in [4.78, 5) is 12.2. The van der Waals surface area contributed by atoms with Gasteiger partial charge < -0.3 is 5.32 Å². The number of nitrogens with zero attached hydrogens (tertiary/aromatic N) is 2. The predicted molar refractivity (Wildman–Crippen MR) is 74.7 cm³/mol. The second-order valence-corrected chi connectivity index (χ2v) is 5.16. The van der Waals surface area contributed by atoms with Gasteiger partial charge in [0, 0.05) is 17.2 Å². The molecular weight excluding hydrogens is 313 g/mol. The molecule has 0 saturated heterocycles. The Balaban J connectivity index is 2.31. The zero-order chi connectivity index (χ0) is 14.2. The van der Waals surface area contributed by atoms with Crippen LogP contribution in [0, 0.1) is 19.7 Å². The quantitative estimate of drug-likeness (QED) is 0.921. The predicted octanol–water partition coefficient (Wildman–Crippen LogP) is 3.19. The van der Waals surface area contributed by atoms with Crippen LogP contribution >= 0.6 is 15.9 Å². The van der Waals surface area contributed by atoms with Crippen LogP contribution in [-0.2, 0) is 7.05 Å². The summed E-state index contributed by atoms with van der Waals surface area (Å²) in [5.41, 5.74) is 1.99. The summed E-state index contributed by atoms with van der Waals surface area (Å²) in [6, 6.07) is 4.48. The van der Waals surface area contributed by atoms with Crippen LogP contribution in [-0.4, -0.2) is 15.7 Å². The van der Waals surface area contributed by atoms with Gasteiger partial charge in [0.15, 0.2) is 0 Å². The van der Waals surface area contributed by atoms with E-state index in [1.54, 1.807) is 31.6 Å². The van der Waals surface area contributed by atoms with E-state index in [0.29, 0.717) is 15.7 Å². The van der Waals surface area contributed by atoms with Gasteiger partial charge in [0.25, 0.3) is 5.91 Å². The van der Waals surface area contributed by atoms with Crippen LogP contribution in [0.25, 0.3) is 0 Å². The van der Waals surface area contributed by atoms with Crippen LogP contribution in [0.1, 0.15) is 21.7 Å². The van der Waals surface area contributed by atoms with E-state index in [2.05, 4.69) is 26.3 Å². The largest absolute Gasteiger partial charge is 0.319 e. The van der Waals surface area contributed by atoms with E-state index < -0.39 is 5.82 Å². The highest BCUT2D eigenvalue weighted by Crippen LogP contribution is 2.21. The highest BCUT2D eigenvalue weighted by Gasteiger charge is 2.18. The first-order valence-electron chi connectivity index (χ1n) is 5.66. The minimum absolute atomic E-state index is 0.149. The lowest BCUT2D eigenvalue weighted by molar-refractivity contribution is 0.102. The minimum atomic E-state index is -0.484. The standard InChI is InChI=1S/C13H13BrFN3O/c1-7-12(8(2)18(3)17-7)13(19)16-11-5-4-9(14)6-10(11)15/h4-6H,1-3H3,(H,16,19). The lowest BCUT2D eigenvalue weighted by atomic mass is 10.2. The summed E-state index contributed by atoms with van der Waals surface area (Å²) in [5.74, 6) is -0.841. The Hall–Kier alpha value is -1.69. The summed E-state index contributed by atoms with van der Waals surface area (Å²) < 4.78 is 15.9. The maximum absolute atomic E-state index is 13.7. The molecule has 4 nitrogen and oxygen atoms in total. The monoisotopic (exact) mass is 325 g/mol. The lowest BCUT2D eigenvalue weighted by Crippen LogP contribution is -2.15. The number of carbonyl (C=O) groups is 1. The summed E-state index contributed by atoms with van der Waals surface area (Å²) in [7, 11) is 1.76. The van der Waals surface area contributed by atoms with Gasteiger partial charge in [0.2, 0.25) is 0 Å². The molecule has 0 unspecified atom stereocenters. The summed E-state index contributed by atoms with van der Waals surface area (Å²) in [6.45, 7) is 3.55. The molecule has 0 aliphatic heterocycles. The van der Waals surface area contributed by atoms with E-state index >= 15 is 0 Å². The van der Waals surface area contributed by atoms with Crippen LogP contribution in [0.4, 0.5) is 10.1 Å². The van der Waals surface area contributed by atoms with Gasteiger partial charge in [-0.3, -0.25) is 9.48 Å². The maximum atomic E-state index is 13.7. The molecule has 0 spiro atoms. The number of aromatic nitrogens is 2. The third kappa shape index (κ3) is 2.68. The van der Waals surface area contributed by atoms with Crippen LogP contribution < -0.4 is 5.32 Å². The number of halogens is 2. The smallest absolute Gasteiger partial charge is 0.259 e. The summed E-state index contributed by atoms with van der Waals surface area (Å²) in [6.07, 6.45) is 0. The minimum Gasteiger partial charge on any atom is -0.319 e. The van der Waals surface area contributed by atoms with Gasteiger partial charge in [0.05, 0.1) is 16.9 Å². The van der Waals surface area contributed by atoms with Crippen molar-refractivity contribution in [3.05, 3.63) is 45.4 Å². The molecule has 1 amide bonds. The Bertz CT molecular complexity index is 652. The molecule has 1 aromatic heterocycles. The van der Waals surface area contributed by atoms with Gasteiger partial charge in [-0.2, -0.15) is 5.10 Å². The summed E-state index contributed by atoms with van der Waals surface area (Å²) >= 11 is 3.17. The first-order valence-corrected chi connectivity index (χ1v) is 6.46. The zero-order valence-electron chi connectivity index (χ0n) is 10.8. The second-order valence-electron chi connectivity index (χ2n) is 4.25. The van der Waals surface area contributed by atoms with Gasteiger partial charge in [-0.05, 0) is 32.0 Å². The Morgan fingerprint density at radius 1 is 1.42 bits per heavy atom. The van der Waals surface area contributed by atoms with E-state index in [-0.39, 0.29) is 11.6 Å². The van der Waals surface area contributed by atoms with E-state index in [0.717, 1.165) is 5.69 Å². The molecule has 0 aliphatic rings. The van der Waals surface area contributed by atoms with E-state index in [1.165, 1.54) is 12.1 Å². The molecule has 2 rings (SSSR count). The first-order chi connectivity index (χ1) is 8.90. The van der Waals surface area contributed by atoms with Crippen molar-refractivity contribution in [1.82, 2.24) is 9.78 Å². The fourth-order valence-corrected chi connectivity index (χ4v) is 2.21. The van der Waals surface area contributed by atoms with E-state index in [9.17, 15) is 9.18 Å². The molecular formula is C13H13BrFN3O. The Labute approximate surface area is 118 Å². The molecule has 0 saturated carbocycles. The number of benzene rings is 1. The zero-order valence-corrected chi connectivity index (χ0v) is 12.4. The molecule has 0 fully saturated rings. The summed E-state index contributed by atoms with van der Waals surface area (Å²) in [5, 5.41) is 6.73. The van der Waals surface area contributed by atoms with Crippen molar-refractivity contribution in [1.29, 1.82) is 0 Å². The molecule has 0 bridgehead atoms. The number of rotatable bonds is 2. The number of hydrogen-bond acceptors (Lipinski definition) is 2. The second kappa shape index (κ2) is 5.13. The highest BCUT2D eigenvalue weighted by atomic mass is 79.9. The average Bonchev–Trinajstić information content (AvgIpc) is 2.57. The van der Waals surface area contributed by atoms with Crippen LogP contribution in [0.3, 0.4) is 0 Å². The molecule has 2 aromatic rings. The highest BCUT2D eigenvalue weighted by molar-refractivity contribution is 9.10. The van der Waals surface area contributed by atoms with E-state index in [1.807, 2.05) is 0 Å². The number of aryl methyl sites for hydroxylation is 2. The van der Waals surface area contributed by atoms with Gasteiger partial charge >= 0.3 is 0 Å². The van der Waals surface area contributed by atoms with Crippen LogP contribution in [0.5, 0.6) is 0 Å². The Kier molecular flexibility index (Phi) is 3.71.